The lowest BCUT2D eigenvalue weighted by atomic mass is 9.95. The SMILES string of the molecule is COCc1cc(NCc2nccn2C(F)F)nc(C(C)(C)C)n1. The Bertz CT molecular complexity index is 652. The molecule has 2 aromatic heterocycles. The lowest BCUT2D eigenvalue weighted by molar-refractivity contribution is 0.0673. The second-order valence-electron chi connectivity index (χ2n) is 6.13. The molecule has 0 saturated carbocycles. The molecule has 6 nitrogen and oxygen atoms in total. The lowest BCUT2D eigenvalue weighted by Crippen LogP contribution is -2.19. The minimum atomic E-state index is -2.62. The largest absolute Gasteiger partial charge is 0.378 e. The Morgan fingerprint density at radius 2 is 2.04 bits per heavy atom. The summed E-state index contributed by atoms with van der Waals surface area (Å²) in [6.07, 6.45) is 2.60. The molecule has 0 radical (unpaired) electrons. The van der Waals surface area contributed by atoms with Crippen molar-refractivity contribution in [1.82, 2.24) is 19.5 Å². The molecule has 1 N–H and O–H groups in total. The molecular formula is C15H21F2N5O. The van der Waals surface area contributed by atoms with E-state index < -0.39 is 6.55 Å². The van der Waals surface area contributed by atoms with E-state index in [0.29, 0.717) is 18.2 Å². The Balaban J connectivity index is 2.21. The molecule has 0 aromatic carbocycles. The van der Waals surface area contributed by atoms with Crippen molar-refractivity contribution in [2.75, 3.05) is 12.4 Å². The normalized spacial score (nSPS) is 12.0. The molecule has 0 aliphatic heterocycles. The van der Waals surface area contributed by atoms with Crippen LogP contribution in [-0.2, 0) is 23.3 Å². The minimum absolute atomic E-state index is 0.143. The highest BCUT2D eigenvalue weighted by Crippen LogP contribution is 2.21. The van der Waals surface area contributed by atoms with Gasteiger partial charge in [0, 0.05) is 31.0 Å². The quantitative estimate of drug-likeness (QED) is 0.884. The number of hydrogen-bond acceptors (Lipinski definition) is 5. The zero-order valence-electron chi connectivity index (χ0n) is 13.7. The highest BCUT2D eigenvalue weighted by molar-refractivity contribution is 5.37. The number of hydrogen-bond donors (Lipinski definition) is 1. The van der Waals surface area contributed by atoms with Crippen LogP contribution in [0.1, 0.15) is 44.7 Å². The van der Waals surface area contributed by atoms with Crippen LogP contribution >= 0.6 is 0 Å². The number of imidazole rings is 1. The van der Waals surface area contributed by atoms with E-state index in [4.69, 9.17) is 4.74 Å². The van der Waals surface area contributed by atoms with Crippen LogP contribution in [0, 0.1) is 0 Å². The molecule has 126 valence electrons. The molecule has 23 heavy (non-hydrogen) atoms. The van der Waals surface area contributed by atoms with Crippen molar-refractivity contribution in [1.29, 1.82) is 0 Å². The number of anilines is 1. The Kier molecular flexibility index (Phi) is 5.25. The summed E-state index contributed by atoms with van der Waals surface area (Å²) in [4.78, 5) is 12.9. The molecule has 2 aromatic rings. The van der Waals surface area contributed by atoms with E-state index in [9.17, 15) is 8.78 Å². The lowest BCUT2D eigenvalue weighted by Gasteiger charge is -2.19. The molecule has 0 unspecified atom stereocenters. The van der Waals surface area contributed by atoms with Crippen molar-refractivity contribution in [2.45, 2.75) is 45.9 Å². The number of rotatable bonds is 6. The highest BCUT2D eigenvalue weighted by atomic mass is 19.3. The zero-order valence-corrected chi connectivity index (χ0v) is 13.7. The van der Waals surface area contributed by atoms with Crippen molar-refractivity contribution >= 4 is 5.82 Å². The Morgan fingerprint density at radius 3 is 2.65 bits per heavy atom. The van der Waals surface area contributed by atoms with E-state index in [1.54, 1.807) is 13.2 Å². The van der Waals surface area contributed by atoms with E-state index in [-0.39, 0.29) is 17.8 Å². The van der Waals surface area contributed by atoms with E-state index in [2.05, 4.69) is 20.3 Å². The Hall–Kier alpha value is -2.09. The van der Waals surface area contributed by atoms with Crippen LogP contribution in [0.4, 0.5) is 14.6 Å². The fourth-order valence-corrected chi connectivity index (χ4v) is 1.97. The van der Waals surface area contributed by atoms with Gasteiger partial charge in [0.05, 0.1) is 18.8 Å². The first kappa shape index (κ1) is 17.3. The molecule has 2 heterocycles. The zero-order chi connectivity index (χ0) is 17.0. The first-order valence-electron chi connectivity index (χ1n) is 7.22. The van der Waals surface area contributed by atoms with Gasteiger partial charge in [0.1, 0.15) is 17.5 Å². The van der Waals surface area contributed by atoms with Gasteiger partial charge < -0.3 is 10.1 Å². The maximum Gasteiger partial charge on any atom is 0.319 e. The molecule has 0 amide bonds. The van der Waals surface area contributed by atoms with Gasteiger partial charge in [-0.05, 0) is 0 Å². The first-order chi connectivity index (χ1) is 10.8. The topological polar surface area (TPSA) is 64.9 Å². The fraction of sp³-hybridized carbons (Fsp3) is 0.533. The molecule has 0 fully saturated rings. The third-order valence-corrected chi connectivity index (χ3v) is 3.13. The Morgan fingerprint density at radius 1 is 1.30 bits per heavy atom. The molecule has 0 bridgehead atoms. The standard InChI is InChI=1S/C15H21F2N5O/c1-15(2,3)13-20-10(9-23-4)7-11(21-13)19-8-12-18-5-6-22(12)14(16)17/h5-7,14H,8-9H2,1-4H3,(H,19,20,21). The summed E-state index contributed by atoms with van der Waals surface area (Å²) in [7, 11) is 1.59. The molecule has 0 atom stereocenters. The predicted octanol–water partition coefficient (Wildman–Crippen LogP) is 3.12. The summed E-state index contributed by atoms with van der Waals surface area (Å²) >= 11 is 0. The van der Waals surface area contributed by atoms with Crippen LogP contribution in [0.15, 0.2) is 18.5 Å². The third-order valence-electron chi connectivity index (χ3n) is 3.13. The van der Waals surface area contributed by atoms with Gasteiger partial charge in [0.25, 0.3) is 0 Å². The third kappa shape index (κ3) is 4.44. The van der Waals surface area contributed by atoms with Crippen LogP contribution in [0.2, 0.25) is 0 Å². The van der Waals surface area contributed by atoms with Gasteiger partial charge in [0.2, 0.25) is 0 Å². The van der Waals surface area contributed by atoms with Gasteiger partial charge in [-0.1, -0.05) is 20.8 Å². The number of ether oxygens (including phenoxy) is 1. The van der Waals surface area contributed by atoms with Gasteiger partial charge in [-0.2, -0.15) is 8.78 Å². The van der Waals surface area contributed by atoms with Crippen molar-refractivity contribution in [3.05, 3.63) is 35.8 Å². The summed E-state index contributed by atoms with van der Waals surface area (Å²) in [6.45, 7) is 3.90. The van der Waals surface area contributed by atoms with Gasteiger partial charge >= 0.3 is 6.55 Å². The highest BCUT2D eigenvalue weighted by Gasteiger charge is 2.19. The van der Waals surface area contributed by atoms with Crippen molar-refractivity contribution < 1.29 is 13.5 Å². The van der Waals surface area contributed by atoms with Crippen LogP contribution in [0.25, 0.3) is 0 Å². The number of alkyl halides is 2. The molecular weight excluding hydrogens is 304 g/mol. The first-order valence-corrected chi connectivity index (χ1v) is 7.22. The maximum absolute atomic E-state index is 12.8. The molecule has 8 heteroatoms. The summed E-state index contributed by atoms with van der Waals surface area (Å²) in [5.74, 6) is 1.46. The van der Waals surface area contributed by atoms with Crippen molar-refractivity contribution in [3.63, 3.8) is 0 Å². The molecule has 0 aliphatic carbocycles. The second-order valence-corrected chi connectivity index (χ2v) is 6.13. The number of nitrogens with one attached hydrogen (secondary N) is 1. The van der Waals surface area contributed by atoms with E-state index in [0.717, 1.165) is 10.3 Å². The average molecular weight is 325 g/mol. The monoisotopic (exact) mass is 325 g/mol. The molecule has 0 saturated heterocycles. The number of methoxy groups -OCH3 is 1. The van der Waals surface area contributed by atoms with Gasteiger partial charge in [-0.25, -0.2) is 15.0 Å². The summed E-state index contributed by atoms with van der Waals surface area (Å²) < 4.78 is 31.6. The van der Waals surface area contributed by atoms with Gasteiger partial charge in [-0.3, -0.25) is 4.57 Å². The predicted molar refractivity (Wildman–Crippen MR) is 82.3 cm³/mol. The second kappa shape index (κ2) is 6.99. The summed E-state index contributed by atoms with van der Waals surface area (Å²) in [6, 6.07) is 1.74. The average Bonchev–Trinajstić information content (AvgIpc) is 2.93. The van der Waals surface area contributed by atoms with Crippen LogP contribution < -0.4 is 5.32 Å². The van der Waals surface area contributed by atoms with Gasteiger partial charge in [-0.15, -0.1) is 0 Å². The van der Waals surface area contributed by atoms with E-state index in [1.165, 1.54) is 12.4 Å². The Labute approximate surface area is 133 Å². The van der Waals surface area contributed by atoms with Crippen LogP contribution in [0.5, 0.6) is 0 Å². The van der Waals surface area contributed by atoms with Crippen LogP contribution in [0.3, 0.4) is 0 Å². The van der Waals surface area contributed by atoms with E-state index in [1.807, 2.05) is 20.8 Å². The summed E-state index contributed by atoms with van der Waals surface area (Å²) in [5.41, 5.74) is 0.494. The summed E-state index contributed by atoms with van der Waals surface area (Å²) in [5, 5.41) is 3.03. The molecule has 2 rings (SSSR count). The number of aromatic nitrogens is 4. The van der Waals surface area contributed by atoms with Crippen LogP contribution in [-0.4, -0.2) is 26.6 Å². The fourth-order valence-electron chi connectivity index (χ4n) is 1.97. The maximum atomic E-state index is 12.8. The number of halogens is 2. The van der Waals surface area contributed by atoms with Crippen molar-refractivity contribution in [3.8, 4) is 0 Å². The molecule has 0 aliphatic rings. The van der Waals surface area contributed by atoms with Gasteiger partial charge in [0.15, 0.2) is 0 Å². The smallest absolute Gasteiger partial charge is 0.319 e. The minimum Gasteiger partial charge on any atom is -0.378 e. The molecule has 0 spiro atoms. The van der Waals surface area contributed by atoms with Crippen molar-refractivity contribution in [2.24, 2.45) is 0 Å². The van der Waals surface area contributed by atoms with E-state index >= 15 is 0 Å². The number of nitrogens with zero attached hydrogens (tertiary/aromatic N) is 4.